The SMILES string of the molecule is C=CCOC(CC#N)(c1ccccc1F)C(C)(F)c1ccc(Br)cn1. The van der Waals surface area contributed by atoms with Crippen molar-refractivity contribution in [2.45, 2.75) is 24.6 Å². The van der Waals surface area contributed by atoms with E-state index >= 15 is 4.39 Å². The molecule has 0 aliphatic carbocycles. The summed E-state index contributed by atoms with van der Waals surface area (Å²) in [5, 5.41) is 9.33. The van der Waals surface area contributed by atoms with E-state index in [1.807, 2.05) is 6.07 Å². The predicted molar refractivity (Wildman–Crippen MR) is 94.9 cm³/mol. The molecule has 0 aliphatic rings. The molecule has 6 heteroatoms. The Bertz CT molecular complexity index is 787. The lowest BCUT2D eigenvalue weighted by Crippen LogP contribution is -2.47. The van der Waals surface area contributed by atoms with Crippen molar-refractivity contribution in [3.8, 4) is 6.07 Å². The van der Waals surface area contributed by atoms with E-state index in [0.29, 0.717) is 4.47 Å². The van der Waals surface area contributed by atoms with Crippen LogP contribution in [0.5, 0.6) is 0 Å². The Morgan fingerprint density at radius 1 is 1.36 bits per heavy atom. The fraction of sp³-hybridized carbons (Fsp3) is 0.263. The van der Waals surface area contributed by atoms with Gasteiger partial charge in [0.05, 0.1) is 24.8 Å². The monoisotopic (exact) mass is 406 g/mol. The summed E-state index contributed by atoms with van der Waals surface area (Å²) in [4.78, 5) is 4.10. The third-order valence-electron chi connectivity index (χ3n) is 4.05. The van der Waals surface area contributed by atoms with Gasteiger partial charge >= 0.3 is 0 Å². The van der Waals surface area contributed by atoms with Crippen molar-refractivity contribution < 1.29 is 13.5 Å². The molecule has 2 rings (SSSR count). The Labute approximate surface area is 154 Å². The summed E-state index contributed by atoms with van der Waals surface area (Å²) in [6.45, 7) is 4.76. The van der Waals surface area contributed by atoms with Crippen LogP contribution in [0.1, 0.15) is 24.6 Å². The molecule has 0 aliphatic heterocycles. The van der Waals surface area contributed by atoms with E-state index in [2.05, 4.69) is 27.5 Å². The number of ether oxygens (including phenoxy) is 1. The highest BCUT2D eigenvalue weighted by molar-refractivity contribution is 9.10. The zero-order chi connectivity index (χ0) is 18.5. The van der Waals surface area contributed by atoms with Crippen molar-refractivity contribution in [2.24, 2.45) is 0 Å². The molecule has 1 aromatic carbocycles. The molecule has 2 atom stereocenters. The molecule has 2 unspecified atom stereocenters. The van der Waals surface area contributed by atoms with Gasteiger partial charge in [-0.25, -0.2) is 8.78 Å². The van der Waals surface area contributed by atoms with Gasteiger partial charge in [-0.3, -0.25) is 4.98 Å². The second-order valence-electron chi connectivity index (χ2n) is 5.61. The average Bonchev–Trinajstić information content (AvgIpc) is 2.59. The van der Waals surface area contributed by atoms with Gasteiger partial charge in [0.25, 0.3) is 0 Å². The Hall–Kier alpha value is -2.10. The summed E-state index contributed by atoms with van der Waals surface area (Å²) in [7, 11) is 0. The van der Waals surface area contributed by atoms with Crippen LogP contribution in [-0.2, 0) is 16.0 Å². The van der Waals surface area contributed by atoms with Crippen molar-refractivity contribution in [1.82, 2.24) is 4.98 Å². The number of alkyl halides is 1. The minimum Gasteiger partial charge on any atom is -0.361 e. The van der Waals surface area contributed by atoms with E-state index in [1.165, 1.54) is 43.5 Å². The summed E-state index contributed by atoms with van der Waals surface area (Å²) in [5.74, 6) is -0.650. The van der Waals surface area contributed by atoms with Crippen LogP contribution in [-0.4, -0.2) is 11.6 Å². The summed E-state index contributed by atoms with van der Waals surface area (Å²) in [6.07, 6.45) is 2.48. The number of halogens is 3. The van der Waals surface area contributed by atoms with Crippen LogP contribution in [0.4, 0.5) is 8.78 Å². The van der Waals surface area contributed by atoms with Crippen molar-refractivity contribution in [3.05, 3.63) is 76.8 Å². The maximum atomic E-state index is 16.1. The lowest BCUT2D eigenvalue weighted by atomic mass is 9.75. The molecule has 130 valence electrons. The van der Waals surface area contributed by atoms with Crippen molar-refractivity contribution in [1.29, 1.82) is 5.26 Å². The van der Waals surface area contributed by atoms with Crippen molar-refractivity contribution in [2.75, 3.05) is 6.61 Å². The van der Waals surface area contributed by atoms with Crippen LogP contribution in [0.2, 0.25) is 0 Å². The molecule has 1 heterocycles. The Kier molecular flexibility index (Phi) is 6.04. The van der Waals surface area contributed by atoms with E-state index < -0.39 is 23.5 Å². The van der Waals surface area contributed by atoms with Crippen molar-refractivity contribution in [3.63, 3.8) is 0 Å². The molecule has 3 nitrogen and oxygen atoms in total. The Morgan fingerprint density at radius 2 is 2.08 bits per heavy atom. The lowest BCUT2D eigenvalue weighted by Gasteiger charge is -2.42. The van der Waals surface area contributed by atoms with Gasteiger partial charge in [-0.1, -0.05) is 24.3 Å². The zero-order valence-electron chi connectivity index (χ0n) is 13.7. The number of nitriles is 1. The van der Waals surface area contributed by atoms with E-state index in [1.54, 1.807) is 12.1 Å². The number of hydrogen-bond donors (Lipinski definition) is 0. The van der Waals surface area contributed by atoms with Crippen LogP contribution >= 0.6 is 15.9 Å². The fourth-order valence-electron chi connectivity index (χ4n) is 2.74. The van der Waals surface area contributed by atoms with Crippen LogP contribution in [0.3, 0.4) is 0 Å². The topological polar surface area (TPSA) is 45.9 Å². The molecule has 1 aromatic heterocycles. The van der Waals surface area contributed by atoms with Gasteiger partial charge in [-0.2, -0.15) is 5.26 Å². The molecule has 0 radical (unpaired) electrons. The molecule has 25 heavy (non-hydrogen) atoms. The van der Waals surface area contributed by atoms with E-state index in [9.17, 15) is 9.65 Å². The van der Waals surface area contributed by atoms with Gasteiger partial charge in [0.2, 0.25) is 0 Å². The standard InChI is InChI=1S/C19H17BrF2N2O/c1-3-12-25-19(10-11-23,15-6-4-5-7-16(15)21)18(2,22)17-9-8-14(20)13-24-17/h3-9,13H,1,10,12H2,2H3. The summed E-state index contributed by atoms with van der Waals surface area (Å²) >= 11 is 3.25. The molecule has 2 aromatic rings. The molecule has 0 saturated carbocycles. The van der Waals surface area contributed by atoms with Crippen LogP contribution in [0.25, 0.3) is 0 Å². The highest BCUT2D eigenvalue weighted by Gasteiger charge is 2.55. The lowest BCUT2D eigenvalue weighted by molar-refractivity contribution is -0.146. The number of rotatable bonds is 7. The molecule has 0 saturated heterocycles. The summed E-state index contributed by atoms with van der Waals surface area (Å²) in [6, 6.07) is 10.7. The number of aromatic nitrogens is 1. The van der Waals surface area contributed by atoms with Crippen molar-refractivity contribution >= 4 is 15.9 Å². The predicted octanol–water partition coefficient (Wildman–Crippen LogP) is 5.18. The molecule has 0 N–H and O–H groups in total. The highest BCUT2D eigenvalue weighted by atomic mass is 79.9. The maximum Gasteiger partial charge on any atom is 0.183 e. The smallest absolute Gasteiger partial charge is 0.183 e. The summed E-state index contributed by atoms with van der Waals surface area (Å²) < 4.78 is 37.0. The zero-order valence-corrected chi connectivity index (χ0v) is 15.3. The molecular weight excluding hydrogens is 390 g/mol. The first-order valence-electron chi connectivity index (χ1n) is 7.57. The van der Waals surface area contributed by atoms with Gasteiger partial charge in [0.15, 0.2) is 5.67 Å². The van der Waals surface area contributed by atoms with Gasteiger partial charge in [0.1, 0.15) is 11.4 Å². The Morgan fingerprint density at radius 3 is 2.64 bits per heavy atom. The third kappa shape index (κ3) is 3.63. The van der Waals surface area contributed by atoms with E-state index in [4.69, 9.17) is 4.74 Å². The molecular formula is C19H17BrF2N2O. The van der Waals surface area contributed by atoms with E-state index in [-0.39, 0.29) is 17.9 Å². The van der Waals surface area contributed by atoms with E-state index in [0.717, 1.165) is 0 Å². The van der Waals surface area contributed by atoms with Crippen LogP contribution in [0, 0.1) is 17.1 Å². The molecule has 0 amide bonds. The first-order chi connectivity index (χ1) is 11.9. The number of benzene rings is 1. The fourth-order valence-corrected chi connectivity index (χ4v) is 2.97. The maximum absolute atomic E-state index is 16.1. The van der Waals surface area contributed by atoms with Gasteiger partial charge in [0, 0.05) is 16.2 Å². The highest BCUT2D eigenvalue weighted by Crippen LogP contribution is 2.49. The average molecular weight is 407 g/mol. The van der Waals surface area contributed by atoms with Gasteiger partial charge in [-0.15, -0.1) is 6.58 Å². The minimum absolute atomic E-state index is 0.0341. The Balaban J connectivity index is 2.72. The molecule has 0 fully saturated rings. The van der Waals surface area contributed by atoms with Crippen LogP contribution in [0.15, 0.2) is 59.7 Å². The summed E-state index contributed by atoms with van der Waals surface area (Å²) in [5.41, 5.74) is -4.14. The number of pyridine rings is 1. The minimum atomic E-state index is -2.27. The molecule has 0 bridgehead atoms. The van der Waals surface area contributed by atoms with Gasteiger partial charge < -0.3 is 4.74 Å². The third-order valence-corrected chi connectivity index (χ3v) is 4.52. The second-order valence-corrected chi connectivity index (χ2v) is 6.52. The first kappa shape index (κ1) is 19.2. The number of nitrogens with zero attached hydrogens (tertiary/aromatic N) is 2. The number of hydrogen-bond acceptors (Lipinski definition) is 3. The molecule has 0 spiro atoms. The largest absolute Gasteiger partial charge is 0.361 e. The first-order valence-corrected chi connectivity index (χ1v) is 8.36. The van der Waals surface area contributed by atoms with Gasteiger partial charge in [-0.05, 0) is 41.1 Å². The quantitative estimate of drug-likeness (QED) is 0.595. The van der Waals surface area contributed by atoms with Crippen LogP contribution < -0.4 is 0 Å². The normalized spacial score (nSPS) is 15.6. The second kappa shape index (κ2) is 7.85.